The number of benzene rings is 3. The first-order valence-corrected chi connectivity index (χ1v) is 15.6. The molecule has 1 heterocycles. The largest absolute Gasteiger partial charge is 0.490 e. The number of hydrogen-bond acceptors (Lipinski definition) is 7. The Morgan fingerprint density at radius 1 is 0.864 bits per heavy atom. The van der Waals surface area contributed by atoms with E-state index in [2.05, 4.69) is 15.4 Å². The number of carboxylic acids is 1. The van der Waals surface area contributed by atoms with Crippen molar-refractivity contribution in [1.29, 1.82) is 0 Å². The zero-order chi connectivity index (χ0) is 31.7. The molecule has 1 aliphatic rings. The van der Waals surface area contributed by atoms with Gasteiger partial charge in [-0.1, -0.05) is 41.9 Å². The molecule has 0 saturated heterocycles. The van der Waals surface area contributed by atoms with Crippen molar-refractivity contribution in [3.63, 3.8) is 0 Å². The number of carbonyl (C=O) groups is 1. The highest BCUT2D eigenvalue weighted by atomic mass is 35.5. The third-order valence-electron chi connectivity index (χ3n) is 7.08. The van der Waals surface area contributed by atoms with Gasteiger partial charge in [0.25, 0.3) is 0 Å². The lowest BCUT2D eigenvalue weighted by Crippen LogP contribution is -2.32. The maximum absolute atomic E-state index is 12.5. The van der Waals surface area contributed by atoms with Crippen LogP contribution in [0.5, 0.6) is 0 Å². The molecule has 1 saturated carbocycles. The van der Waals surface area contributed by atoms with Gasteiger partial charge in [0.05, 0.1) is 10.4 Å². The van der Waals surface area contributed by atoms with Gasteiger partial charge in [0, 0.05) is 29.2 Å². The van der Waals surface area contributed by atoms with Gasteiger partial charge < -0.3 is 15.7 Å². The second-order valence-electron chi connectivity index (χ2n) is 10.3. The number of nitrogens with one attached hydrogen (secondary N) is 3. The number of fused-ring (bicyclic) bond motifs is 1. The van der Waals surface area contributed by atoms with Crippen LogP contribution >= 0.6 is 11.6 Å². The van der Waals surface area contributed by atoms with Gasteiger partial charge in [-0.15, -0.1) is 0 Å². The predicted molar refractivity (Wildman–Crippen MR) is 164 cm³/mol. The molecule has 0 unspecified atom stereocenters. The maximum atomic E-state index is 12.5. The predicted octanol–water partition coefficient (Wildman–Crippen LogP) is 6.86. The summed E-state index contributed by atoms with van der Waals surface area (Å²) in [5, 5.41) is 15.6. The number of sulfonamides is 1. The van der Waals surface area contributed by atoms with Gasteiger partial charge in [0.15, 0.2) is 0 Å². The third-order valence-corrected chi connectivity index (χ3v) is 8.77. The Labute approximate surface area is 257 Å². The van der Waals surface area contributed by atoms with Crippen molar-refractivity contribution in [3.05, 3.63) is 83.9 Å². The van der Waals surface area contributed by atoms with E-state index in [0.29, 0.717) is 34.2 Å². The highest BCUT2D eigenvalue weighted by Crippen LogP contribution is 2.30. The van der Waals surface area contributed by atoms with E-state index in [1.165, 1.54) is 0 Å². The van der Waals surface area contributed by atoms with E-state index in [0.717, 1.165) is 54.6 Å². The molecular weight excluding hydrogens is 619 g/mol. The number of aromatic nitrogens is 2. The molecule has 1 aromatic heterocycles. The number of halogens is 4. The smallest absolute Gasteiger partial charge is 0.475 e. The van der Waals surface area contributed by atoms with E-state index in [4.69, 9.17) is 31.5 Å². The fourth-order valence-electron chi connectivity index (χ4n) is 4.71. The highest BCUT2D eigenvalue weighted by molar-refractivity contribution is 7.89. The van der Waals surface area contributed by atoms with Gasteiger partial charge in [0.2, 0.25) is 16.0 Å². The molecule has 0 radical (unpaired) electrons. The Bertz CT molecular complexity index is 1650. The van der Waals surface area contributed by atoms with Crippen LogP contribution < -0.4 is 15.4 Å². The number of rotatable bonds is 9. The third kappa shape index (κ3) is 9.53. The monoisotopic (exact) mass is 649 g/mol. The Morgan fingerprint density at radius 3 is 2.05 bits per heavy atom. The lowest BCUT2D eigenvalue weighted by molar-refractivity contribution is -0.192. The second kappa shape index (κ2) is 14.7. The molecule has 4 aromatic rings. The number of para-hydroxylation sites is 1. The molecule has 1 aliphatic carbocycles. The van der Waals surface area contributed by atoms with E-state index < -0.39 is 22.2 Å². The standard InChI is InChI=1S/C28H30ClN5O2S.C2HF3O2/c29-22-14-16-23(17-15-22)32-27-25-8-4-5-9-26(25)33-28(34-27)30-18-20-10-12-21(13-11-20)19-31-37(35,36)24-6-2-1-3-7-24;3-2(4,5)1(6)7/h1-9,14-17,20-21,31H,10-13,18-19H2,(H2,30,32,33,34);(H,6,7). The minimum absolute atomic E-state index is 0.313. The van der Waals surface area contributed by atoms with Gasteiger partial charge >= 0.3 is 12.1 Å². The molecule has 0 spiro atoms. The lowest BCUT2D eigenvalue weighted by Gasteiger charge is -2.28. The minimum Gasteiger partial charge on any atom is -0.475 e. The summed E-state index contributed by atoms with van der Waals surface area (Å²) in [5.41, 5.74) is 1.77. The van der Waals surface area contributed by atoms with Crippen molar-refractivity contribution in [1.82, 2.24) is 14.7 Å². The summed E-state index contributed by atoms with van der Waals surface area (Å²) in [6.07, 6.45) is -1.03. The quantitative estimate of drug-likeness (QED) is 0.155. The number of hydrogen-bond donors (Lipinski definition) is 4. The first kappa shape index (κ1) is 33.0. The van der Waals surface area contributed by atoms with E-state index in [9.17, 15) is 21.6 Å². The SMILES string of the molecule is O=C(O)C(F)(F)F.O=S(=O)(NCC1CCC(CNc2nc(Nc3ccc(Cl)cc3)c3ccccc3n2)CC1)c1ccccc1. The van der Waals surface area contributed by atoms with Crippen molar-refractivity contribution in [2.45, 2.75) is 36.8 Å². The molecule has 14 heteroatoms. The van der Waals surface area contributed by atoms with Crippen LogP contribution in [0.2, 0.25) is 5.02 Å². The Balaban J connectivity index is 0.000000566. The topological polar surface area (TPSA) is 133 Å². The van der Waals surface area contributed by atoms with Crippen LogP contribution in [0.1, 0.15) is 25.7 Å². The molecule has 1 fully saturated rings. The van der Waals surface area contributed by atoms with Crippen LogP contribution in [-0.4, -0.2) is 48.7 Å². The van der Waals surface area contributed by atoms with Gasteiger partial charge in [-0.05, 0) is 86.1 Å². The summed E-state index contributed by atoms with van der Waals surface area (Å²) in [7, 11) is -3.46. The molecule has 0 amide bonds. The average Bonchev–Trinajstić information content (AvgIpc) is 3.01. The zero-order valence-corrected chi connectivity index (χ0v) is 25.0. The Kier molecular flexibility index (Phi) is 11.0. The average molecular weight is 650 g/mol. The van der Waals surface area contributed by atoms with E-state index in [1.807, 2.05) is 54.6 Å². The van der Waals surface area contributed by atoms with E-state index in [-0.39, 0.29) is 0 Å². The first-order valence-electron chi connectivity index (χ1n) is 13.8. The van der Waals surface area contributed by atoms with E-state index >= 15 is 0 Å². The number of anilines is 3. The van der Waals surface area contributed by atoms with Gasteiger partial charge in [-0.3, -0.25) is 0 Å². The van der Waals surface area contributed by atoms with Crippen molar-refractivity contribution in [2.24, 2.45) is 11.8 Å². The summed E-state index contributed by atoms with van der Waals surface area (Å²) in [5.74, 6) is -0.586. The van der Waals surface area contributed by atoms with Crippen LogP contribution in [0.3, 0.4) is 0 Å². The fourth-order valence-corrected chi connectivity index (χ4v) is 5.97. The summed E-state index contributed by atoms with van der Waals surface area (Å²) in [4.78, 5) is 18.7. The molecule has 234 valence electrons. The van der Waals surface area contributed by atoms with Crippen LogP contribution in [0.25, 0.3) is 10.9 Å². The Hall–Kier alpha value is -3.94. The van der Waals surface area contributed by atoms with Crippen molar-refractivity contribution >= 4 is 56.0 Å². The number of aliphatic carboxylic acids is 1. The number of nitrogens with zero attached hydrogens (tertiary/aromatic N) is 2. The van der Waals surface area contributed by atoms with Crippen LogP contribution in [0.4, 0.5) is 30.6 Å². The minimum atomic E-state index is -5.08. The summed E-state index contributed by atoms with van der Waals surface area (Å²) in [6, 6.07) is 24.0. The Morgan fingerprint density at radius 2 is 1.43 bits per heavy atom. The lowest BCUT2D eigenvalue weighted by atomic mass is 9.82. The van der Waals surface area contributed by atoms with Crippen LogP contribution in [0.15, 0.2) is 83.8 Å². The summed E-state index contributed by atoms with van der Waals surface area (Å²) in [6.45, 7) is 1.26. The van der Waals surface area contributed by atoms with Crippen LogP contribution in [-0.2, 0) is 14.8 Å². The highest BCUT2D eigenvalue weighted by Gasteiger charge is 2.38. The molecular formula is C30H31ClF3N5O4S. The molecule has 4 N–H and O–H groups in total. The number of carboxylic acid groups (broad SMARTS) is 1. The van der Waals surface area contributed by atoms with Gasteiger partial charge in [-0.2, -0.15) is 18.2 Å². The molecule has 44 heavy (non-hydrogen) atoms. The van der Waals surface area contributed by atoms with Gasteiger partial charge in [0.1, 0.15) is 5.82 Å². The molecule has 9 nitrogen and oxygen atoms in total. The van der Waals surface area contributed by atoms with Gasteiger partial charge in [-0.25, -0.2) is 22.9 Å². The normalized spacial score (nSPS) is 16.9. The van der Waals surface area contributed by atoms with Crippen molar-refractivity contribution in [3.8, 4) is 0 Å². The number of alkyl halides is 3. The molecule has 3 aromatic carbocycles. The van der Waals surface area contributed by atoms with Crippen molar-refractivity contribution < 1.29 is 31.5 Å². The fraction of sp³-hybridized carbons (Fsp3) is 0.300. The first-order chi connectivity index (χ1) is 20.9. The summed E-state index contributed by atoms with van der Waals surface area (Å²) >= 11 is 6.03. The zero-order valence-electron chi connectivity index (χ0n) is 23.4. The molecule has 0 bridgehead atoms. The molecule has 0 aliphatic heterocycles. The van der Waals surface area contributed by atoms with E-state index in [1.54, 1.807) is 24.3 Å². The summed E-state index contributed by atoms with van der Waals surface area (Å²) < 4.78 is 59.5. The second-order valence-corrected chi connectivity index (χ2v) is 12.5. The van der Waals surface area contributed by atoms with Crippen LogP contribution in [0, 0.1) is 11.8 Å². The molecule has 5 rings (SSSR count). The van der Waals surface area contributed by atoms with Crippen molar-refractivity contribution in [2.75, 3.05) is 23.7 Å². The molecule has 0 atom stereocenters. The maximum Gasteiger partial charge on any atom is 0.490 e.